The van der Waals surface area contributed by atoms with Gasteiger partial charge < -0.3 is 14.8 Å². The number of nitrogens with one attached hydrogen (secondary N) is 1. The van der Waals surface area contributed by atoms with Crippen molar-refractivity contribution < 1.29 is 24.0 Å². The van der Waals surface area contributed by atoms with Crippen molar-refractivity contribution in [3.63, 3.8) is 0 Å². The third-order valence-corrected chi connectivity index (χ3v) is 3.42. The normalized spacial score (nSPS) is 10.1. The number of nitrogens with zero attached hydrogens (tertiary/aromatic N) is 1. The molecule has 0 aliphatic heterocycles. The molecular weight excluding hydrogens is 340 g/mol. The van der Waals surface area contributed by atoms with E-state index in [9.17, 15) is 19.7 Å². The molecule has 0 fully saturated rings. The van der Waals surface area contributed by atoms with E-state index in [1.807, 2.05) is 6.92 Å². The van der Waals surface area contributed by atoms with Crippen molar-refractivity contribution in [3.05, 3.63) is 63.7 Å². The van der Waals surface area contributed by atoms with Gasteiger partial charge in [-0.25, -0.2) is 4.79 Å². The summed E-state index contributed by atoms with van der Waals surface area (Å²) >= 11 is 0. The number of amides is 1. The molecule has 2 aromatic carbocycles. The standard InChI is InChI=1S/C18H18N2O6/c1-3-25-14-9-7-13(8-10-14)19-16(21)11-26-18(22)15-6-4-5-12(2)17(15)20(23)24/h4-10H,3,11H2,1-2H3,(H,19,21). The van der Waals surface area contributed by atoms with E-state index < -0.39 is 23.4 Å². The number of hydrogen-bond acceptors (Lipinski definition) is 6. The highest BCUT2D eigenvalue weighted by atomic mass is 16.6. The summed E-state index contributed by atoms with van der Waals surface area (Å²) in [4.78, 5) is 34.4. The molecular formula is C18H18N2O6. The number of ether oxygens (including phenoxy) is 2. The topological polar surface area (TPSA) is 108 Å². The Morgan fingerprint density at radius 1 is 1.15 bits per heavy atom. The number of aryl methyl sites for hydroxylation is 1. The van der Waals surface area contributed by atoms with Gasteiger partial charge in [0.1, 0.15) is 11.3 Å². The summed E-state index contributed by atoms with van der Waals surface area (Å²) in [7, 11) is 0. The Morgan fingerprint density at radius 2 is 1.85 bits per heavy atom. The molecule has 0 radical (unpaired) electrons. The number of benzene rings is 2. The molecule has 0 saturated carbocycles. The zero-order valence-electron chi connectivity index (χ0n) is 14.4. The van der Waals surface area contributed by atoms with Gasteiger partial charge in [0.15, 0.2) is 6.61 Å². The molecule has 8 heteroatoms. The van der Waals surface area contributed by atoms with Gasteiger partial charge in [-0.15, -0.1) is 0 Å². The summed E-state index contributed by atoms with van der Waals surface area (Å²) in [6.45, 7) is 3.36. The van der Waals surface area contributed by atoms with Crippen molar-refractivity contribution in [1.29, 1.82) is 0 Å². The molecule has 1 N–H and O–H groups in total. The van der Waals surface area contributed by atoms with E-state index in [2.05, 4.69) is 5.32 Å². The molecule has 0 aromatic heterocycles. The monoisotopic (exact) mass is 358 g/mol. The van der Waals surface area contributed by atoms with Gasteiger partial charge in [0.05, 0.1) is 11.5 Å². The fraction of sp³-hybridized carbons (Fsp3) is 0.222. The second kappa shape index (κ2) is 8.61. The van der Waals surface area contributed by atoms with E-state index in [0.717, 1.165) is 0 Å². The number of hydrogen-bond donors (Lipinski definition) is 1. The lowest BCUT2D eigenvalue weighted by Crippen LogP contribution is -2.21. The molecule has 8 nitrogen and oxygen atoms in total. The van der Waals surface area contributed by atoms with E-state index in [0.29, 0.717) is 23.6 Å². The summed E-state index contributed by atoms with van der Waals surface area (Å²) in [5.74, 6) is -0.816. The van der Waals surface area contributed by atoms with Gasteiger partial charge in [-0.2, -0.15) is 0 Å². The zero-order valence-corrected chi connectivity index (χ0v) is 14.4. The number of esters is 1. The Kier molecular flexibility index (Phi) is 6.26. The smallest absolute Gasteiger partial charge is 0.345 e. The maximum absolute atomic E-state index is 12.1. The van der Waals surface area contributed by atoms with Crippen molar-refractivity contribution in [3.8, 4) is 5.75 Å². The van der Waals surface area contributed by atoms with Crippen LogP contribution >= 0.6 is 0 Å². The fourth-order valence-electron chi connectivity index (χ4n) is 2.27. The van der Waals surface area contributed by atoms with Crippen LogP contribution in [0.5, 0.6) is 5.75 Å². The molecule has 26 heavy (non-hydrogen) atoms. The van der Waals surface area contributed by atoms with Crippen LogP contribution in [0.25, 0.3) is 0 Å². The maximum atomic E-state index is 12.1. The van der Waals surface area contributed by atoms with E-state index in [-0.39, 0.29) is 11.3 Å². The van der Waals surface area contributed by atoms with Crippen molar-refractivity contribution in [1.82, 2.24) is 0 Å². The molecule has 1 amide bonds. The predicted octanol–water partition coefficient (Wildman–Crippen LogP) is 3.10. The van der Waals surface area contributed by atoms with Gasteiger partial charge in [-0.3, -0.25) is 14.9 Å². The highest BCUT2D eigenvalue weighted by Gasteiger charge is 2.24. The Morgan fingerprint density at radius 3 is 2.46 bits per heavy atom. The van der Waals surface area contributed by atoms with Crippen LogP contribution in [0.15, 0.2) is 42.5 Å². The number of rotatable bonds is 7. The van der Waals surface area contributed by atoms with Crippen LogP contribution in [0.1, 0.15) is 22.8 Å². The molecule has 0 unspecified atom stereocenters. The molecule has 2 rings (SSSR count). The number of anilines is 1. The molecule has 0 spiro atoms. The summed E-state index contributed by atoms with van der Waals surface area (Å²) in [5, 5.41) is 13.7. The van der Waals surface area contributed by atoms with Crippen LogP contribution < -0.4 is 10.1 Å². The minimum absolute atomic E-state index is 0.191. The summed E-state index contributed by atoms with van der Waals surface area (Å²) < 4.78 is 10.2. The van der Waals surface area contributed by atoms with Crippen LogP contribution in [0, 0.1) is 17.0 Å². The summed E-state index contributed by atoms with van der Waals surface area (Å²) in [6, 6.07) is 11.0. The minimum atomic E-state index is -0.928. The quantitative estimate of drug-likeness (QED) is 0.463. The molecule has 0 heterocycles. The Labute approximate surface area is 149 Å². The first-order valence-corrected chi connectivity index (χ1v) is 7.86. The molecule has 0 aliphatic rings. The van der Waals surface area contributed by atoms with E-state index in [1.54, 1.807) is 24.3 Å². The molecule has 136 valence electrons. The molecule has 2 aromatic rings. The highest BCUT2D eigenvalue weighted by Crippen LogP contribution is 2.23. The first-order valence-electron chi connectivity index (χ1n) is 7.86. The van der Waals surface area contributed by atoms with Gasteiger partial charge in [-0.1, -0.05) is 12.1 Å². The predicted molar refractivity (Wildman–Crippen MR) is 94.4 cm³/mol. The first kappa shape index (κ1) is 18.9. The largest absolute Gasteiger partial charge is 0.494 e. The Bertz CT molecular complexity index is 817. The number of carbonyl (C=O) groups excluding carboxylic acids is 2. The fourth-order valence-corrected chi connectivity index (χ4v) is 2.27. The van der Waals surface area contributed by atoms with Gasteiger partial charge in [0.2, 0.25) is 0 Å². The summed E-state index contributed by atoms with van der Waals surface area (Å²) in [6.07, 6.45) is 0. The third kappa shape index (κ3) is 4.79. The van der Waals surface area contributed by atoms with Crippen LogP contribution in [0.4, 0.5) is 11.4 Å². The lowest BCUT2D eigenvalue weighted by atomic mass is 10.1. The third-order valence-electron chi connectivity index (χ3n) is 3.42. The number of nitro groups is 1. The second-order valence-corrected chi connectivity index (χ2v) is 5.31. The van der Waals surface area contributed by atoms with Crippen molar-refractivity contribution in [2.75, 3.05) is 18.5 Å². The molecule has 0 bridgehead atoms. The van der Waals surface area contributed by atoms with Gasteiger partial charge in [0, 0.05) is 11.3 Å². The van der Waals surface area contributed by atoms with Crippen molar-refractivity contribution in [2.45, 2.75) is 13.8 Å². The van der Waals surface area contributed by atoms with Crippen LogP contribution in [0.2, 0.25) is 0 Å². The molecule has 0 atom stereocenters. The first-order chi connectivity index (χ1) is 12.4. The van der Waals surface area contributed by atoms with Crippen LogP contribution in [-0.2, 0) is 9.53 Å². The van der Waals surface area contributed by atoms with Crippen LogP contribution in [0.3, 0.4) is 0 Å². The number of nitro benzene ring substituents is 1. The van der Waals surface area contributed by atoms with Gasteiger partial charge in [0.25, 0.3) is 11.6 Å². The van der Waals surface area contributed by atoms with Crippen molar-refractivity contribution in [2.24, 2.45) is 0 Å². The highest BCUT2D eigenvalue weighted by molar-refractivity contribution is 5.97. The average Bonchev–Trinajstić information content (AvgIpc) is 2.61. The lowest BCUT2D eigenvalue weighted by molar-refractivity contribution is -0.385. The van der Waals surface area contributed by atoms with Gasteiger partial charge in [-0.05, 0) is 44.2 Å². The van der Waals surface area contributed by atoms with E-state index in [1.165, 1.54) is 25.1 Å². The van der Waals surface area contributed by atoms with E-state index >= 15 is 0 Å². The SMILES string of the molecule is CCOc1ccc(NC(=O)COC(=O)c2cccc(C)c2[N+](=O)[O-])cc1. The zero-order chi connectivity index (χ0) is 19.1. The summed E-state index contributed by atoms with van der Waals surface area (Å²) in [5.41, 5.74) is 0.326. The van der Waals surface area contributed by atoms with E-state index in [4.69, 9.17) is 9.47 Å². The minimum Gasteiger partial charge on any atom is -0.494 e. The number of carbonyl (C=O) groups is 2. The molecule has 0 saturated heterocycles. The molecule has 0 aliphatic carbocycles. The van der Waals surface area contributed by atoms with Crippen LogP contribution in [-0.4, -0.2) is 30.0 Å². The average molecular weight is 358 g/mol. The second-order valence-electron chi connectivity index (χ2n) is 5.31. The van der Waals surface area contributed by atoms with Crippen molar-refractivity contribution >= 4 is 23.3 Å². The maximum Gasteiger partial charge on any atom is 0.345 e. The number of para-hydroxylation sites is 1. The van der Waals surface area contributed by atoms with Gasteiger partial charge >= 0.3 is 5.97 Å². The Hall–Kier alpha value is -3.42. The Balaban J connectivity index is 1.96. The lowest BCUT2D eigenvalue weighted by Gasteiger charge is -2.08.